The summed E-state index contributed by atoms with van der Waals surface area (Å²) in [5.41, 5.74) is 0.315. The van der Waals surface area contributed by atoms with Crippen molar-refractivity contribution in [1.82, 2.24) is 14.9 Å². The minimum absolute atomic E-state index is 0.306. The molecule has 4 heterocycles. The van der Waals surface area contributed by atoms with Gasteiger partial charge < -0.3 is 9.80 Å². The largest absolute Gasteiger partial charge is 0.393 e. The molecule has 2 fully saturated rings. The van der Waals surface area contributed by atoms with Crippen LogP contribution in [0.25, 0.3) is 10.2 Å². The normalized spacial score (nSPS) is 20.7. The zero-order valence-electron chi connectivity index (χ0n) is 16.4. The highest BCUT2D eigenvalue weighted by Gasteiger charge is 2.41. The number of anilines is 1. The molecule has 2 aliphatic rings. The Morgan fingerprint density at radius 3 is 2.54 bits per heavy atom. The van der Waals surface area contributed by atoms with Gasteiger partial charge in [0, 0.05) is 24.5 Å². The van der Waals surface area contributed by atoms with E-state index in [1.807, 2.05) is 0 Å². The number of nitrogens with zero attached hydrogens (tertiary/aromatic N) is 4. The topological polar surface area (TPSA) is 32.3 Å². The van der Waals surface area contributed by atoms with Crippen LogP contribution in [0.15, 0.2) is 12.4 Å². The lowest BCUT2D eigenvalue weighted by Crippen LogP contribution is -2.42. The number of thiophene rings is 1. The Hall–Kier alpha value is -1.41. The number of piperidine rings is 1. The fourth-order valence-electron chi connectivity index (χ4n) is 4.68. The average molecular weight is 413 g/mol. The predicted octanol–water partition coefficient (Wildman–Crippen LogP) is 4.74. The van der Waals surface area contributed by atoms with E-state index in [9.17, 15) is 13.2 Å². The molecule has 0 aromatic carbocycles. The summed E-state index contributed by atoms with van der Waals surface area (Å²) in [5, 5.41) is 0.765. The number of likely N-dealkylation sites (tertiary alicyclic amines) is 1. The summed E-state index contributed by atoms with van der Waals surface area (Å²) in [5.74, 6) is 1.49. The van der Waals surface area contributed by atoms with Crippen LogP contribution in [0.4, 0.5) is 19.0 Å². The molecule has 154 valence electrons. The number of aromatic nitrogens is 2. The summed E-state index contributed by atoms with van der Waals surface area (Å²) < 4.78 is 38.3. The molecule has 0 aliphatic carbocycles. The van der Waals surface area contributed by atoms with Gasteiger partial charge in [0.05, 0.1) is 11.8 Å². The summed E-state index contributed by atoms with van der Waals surface area (Å²) in [7, 11) is 0. The third-order valence-electron chi connectivity index (χ3n) is 6.01. The summed E-state index contributed by atoms with van der Waals surface area (Å²) in [6.07, 6.45) is -0.102. The van der Waals surface area contributed by atoms with Crippen molar-refractivity contribution in [3.8, 4) is 0 Å². The van der Waals surface area contributed by atoms with Gasteiger partial charge in [0.25, 0.3) is 0 Å². The van der Waals surface area contributed by atoms with Crippen LogP contribution in [0, 0.1) is 11.3 Å². The fraction of sp³-hybridized carbons (Fsp3) is 0.700. The number of halogens is 3. The van der Waals surface area contributed by atoms with Crippen LogP contribution >= 0.6 is 11.3 Å². The Bertz CT molecular complexity index is 824. The van der Waals surface area contributed by atoms with E-state index in [2.05, 4.69) is 33.6 Å². The van der Waals surface area contributed by atoms with Gasteiger partial charge in [0.2, 0.25) is 0 Å². The van der Waals surface area contributed by atoms with Crippen LogP contribution in [0.3, 0.4) is 0 Å². The van der Waals surface area contributed by atoms with Crippen LogP contribution in [-0.4, -0.2) is 53.8 Å². The lowest BCUT2D eigenvalue weighted by Gasteiger charge is -2.40. The molecule has 2 aliphatic heterocycles. The molecule has 0 atom stereocenters. The molecule has 0 amide bonds. The Morgan fingerprint density at radius 2 is 1.86 bits per heavy atom. The maximum absolute atomic E-state index is 12.8. The zero-order chi connectivity index (χ0) is 19.9. The van der Waals surface area contributed by atoms with Crippen LogP contribution in [-0.2, 0) is 6.42 Å². The maximum Gasteiger partial charge on any atom is 0.393 e. The molecular formula is C20H27F3N4S. The van der Waals surface area contributed by atoms with Crippen LogP contribution in [0.2, 0.25) is 0 Å². The second-order valence-corrected chi connectivity index (χ2v) is 9.90. The van der Waals surface area contributed by atoms with Crippen molar-refractivity contribution in [2.24, 2.45) is 11.3 Å². The second kappa shape index (κ2) is 7.44. The number of alkyl halides is 3. The summed E-state index contributed by atoms with van der Waals surface area (Å²) in [4.78, 5) is 14.5. The molecule has 1 spiro atoms. The molecule has 2 aromatic rings. The molecule has 4 nitrogen and oxygen atoms in total. The molecule has 0 unspecified atom stereocenters. The molecular weight excluding hydrogens is 385 g/mol. The predicted molar refractivity (Wildman–Crippen MR) is 107 cm³/mol. The molecule has 4 rings (SSSR count). The first-order chi connectivity index (χ1) is 13.2. The summed E-state index contributed by atoms with van der Waals surface area (Å²) >= 11 is 1.13. The van der Waals surface area contributed by atoms with Crippen molar-refractivity contribution in [3.05, 3.63) is 17.3 Å². The van der Waals surface area contributed by atoms with Gasteiger partial charge in [-0.3, -0.25) is 0 Å². The molecule has 0 saturated carbocycles. The van der Waals surface area contributed by atoms with Gasteiger partial charge in [-0.15, -0.1) is 11.3 Å². The van der Waals surface area contributed by atoms with Gasteiger partial charge in [-0.1, -0.05) is 13.8 Å². The molecule has 0 radical (unpaired) electrons. The SMILES string of the molecule is CC(C)CN1CCC2(CC1)CCN(c1ncnc3sc(CC(F)(F)F)cc13)C2. The number of hydrogen-bond acceptors (Lipinski definition) is 5. The maximum atomic E-state index is 12.8. The highest BCUT2D eigenvalue weighted by Crippen LogP contribution is 2.43. The van der Waals surface area contributed by atoms with Crippen molar-refractivity contribution < 1.29 is 13.2 Å². The third-order valence-corrected chi connectivity index (χ3v) is 7.06. The lowest BCUT2D eigenvalue weighted by molar-refractivity contribution is -0.126. The first-order valence-corrected chi connectivity index (χ1v) is 10.8. The first-order valence-electron chi connectivity index (χ1n) is 10.0. The lowest BCUT2D eigenvalue weighted by atomic mass is 9.77. The standard InChI is InChI=1S/C20H27F3N4S/c1-14(2)11-26-6-3-19(4-7-26)5-8-27(12-19)17-16-9-15(10-20(21,22)23)28-18(16)25-13-24-17/h9,13-14H,3-8,10-12H2,1-2H3. The zero-order valence-corrected chi connectivity index (χ0v) is 17.2. The van der Waals surface area contributed by atoms with Gasteiger partial charge in [-0.25, -0.2) is 9.97 Å². The van der Waals surface area contributed by atoms with E-state index in [1.54, 1.807) is 6.07 Å². The van der Waals surface area contributed by atoms with Gasteiger partial charge in [-0.05, 0) is 49.8 Å². The second-order valence-electron chi connectivity index (χ2n) is 8.79. The fourth-order valence-corrected chi connectivity index (χ4v) is 5.70. The average Bonchev–Trinajstić information content (AvgIpc) is 3.19. The molecule has 0 N–H and O–H groups in total. The van der Waals surface area contributed by atoms with Crippen LogP contribution < -0.4 is 4.90 Å². The van der Waals surface area contributed by atoms with E-state index < -0.39 is 12.6 Å². The quantitative estimate of drug-likeness (QED) is 0.726. The van der Waals surface area contributed by atoms with E-state index in [0.29, 0.717) is 21.0 Å². The number of hydrogen-bond donors (Lipinski definition) is 0. The number of rotatable bonds is 4. The minimum atomic E-state index is -4.20. The highest BCUT2D eigenvalue weighted by atomic mass is 32.1. The Labute approximate surface area is 167 Å². The molecule has 2 aromatic heterocycles. The molecule has 8 heteroatoms. The molecule has 2 saturated heterocycles. The van der Waals surface area contributed by atoms with Gasteiger partial charge >= 0.3 is 6.18 Å². The third kappa shape index (κ3) is 4.27. The van der Waals surface area contributed by atoms with E-state index in [0.717, 1.165) is 61.7 Å². The summed E-state index contributed by atoms with van der Waals surface area (Å²) in [6, 6.07) is 1.64. The summed E-state index contributed by atoms with van der Waals surface area (Å²) in [6.45, 7) is 9.81. The number of fused-ring (bicyclic) bond motifs is 1. The Morgan fingerprint density at radius 1 is 1.14 bits per heavy atom. The van der Waals surface area contributed by atoms with Crippen LogP contribution in [0.1, 0.15) is 38.0 Å². The van der Waals surface area contributed by atoms with Crippen molar-refractivity contribution >= 4 is 27.4 Å². The Kier molecular flexibility index (Phi) is 5.29. The molecule has 28 heavy (non-hydrogen) atoms. The van der Waals surface area contributed by atoms with Gasteiger partial charge in [-0.2, -0.15) is 13.2 Å². The van der Waals surface area contributed by atoms with Gasteiger partial charge in [0.15, 0.2) is 0 Å². The highest BCUT2D eigenvalue weighted by molar-refractivity contribution is 7.18. The Balaban J connectivity index is 1.49. The van der Waals surface area contributed by atoms with Crippen molar-refractivity contribution in [2.45, 2.75) is 45.7 Å². The van der Waals surface area contributed by atoms with E-state index in [4.69, 9.17) is 0 Å². The molecule has 0 bridgehead atoms. The smallest absolute Gasteiger partial charge is 0.355 e. The van der Waals surface area contributed by atoms with Crippen molar-refractivity contribution in [2.75, 3.05) is 37.6 Å². The van der Waals surface area contributed by atoms with Crippen molar-refractivity contribution in [3.63, 3.8) is 0 Å². The van der Waals surface area contributed by atoms with Crippen LogP contribution in [0.5, 0.6) is 0 Å². The van der Waals surface area contributed by atoms with E-state index in [1.165, 1.54) is 19.2 Å². The van der Waals surface area contributed by atoms with Gasteiger partial charge in [0.1, 0.15) is 17.0 Å². The first kappa shape index (κ1) is 19.9. The monoisotopic (exact) mass is 412 g/mol. The van der Waals surface area contributed by atoms with E-state index >= 15 is 0 Å². The van der Waals surface area contributed by atoms with Crippen molar-refractivity contribution in [1.29, 1.82) is 0 Å². The minimum Gasteiger partial charge on any atom is -0.355 e. The van der Waals surface area contributed by atoms with E-state index in [-0.39, 0.29) is 0 Å².